The Morgan fingerprint density at radius 3 is 2.55 bits per heavy atom. The molecule has 9 heteroatoms. The molecular formula is C11H20Cl2N4O3. The molecule has 1 amide bonds. The van der Waals surface area contributed by atoms with E-state index in [-0.39, 0.29) is 30.7 Å². The number of hydrogen-bond acceptors (Lipinski definition) is 4. The standard InChI is InChI=1S/C11H18N4O3.2ClH/c1-3-13-9(4-8-5-12-6-14-8)10(16)15-7(2)11(17)18;;/h5-7,9,13H,3-4H2,1-2H3,(H,12,14)(H,15,16)(H,17,18);2*1H/t7-,9-;;/m0../s1. The molecule has 0 saturated carbocycles. The van der Waals surface area contributed by atoms with Gasteiger partial charge in [-0.3, -0.25) is 9.59 Å². The average molecular weight is 327 g/mol. The van der Waals surface area contributed by atoms with Gasteiger partial charge in [-0.15, -0.1) is 24.8 Å². The van der Waals surface area contributed by atoms with Crippen molar-refractivity contribution in [3.05, 3.63) is 18.2 Å². The molecule has 4 N–H and O–H groups in total. The number of amides is 1. The first-order chi connectivity index (χ1) is 8.54. The van der Waals surface area contributed by atoms with Crippen molar-refractivity contribution >= 4 is 36.7 Å². The highest BCUT2D eigenvalue weighted by Gasteiger charge is 2.22. The number of nitrogens with one attached hydrogen (secondary N) is 3. The van der Waals surface area contributed by atoms with Crippen molar-refractivity contribution in [3.8, 4) is 0 Å². The number of carbonyl (C=O) groups excluding carboxylic acids is 1. The number of aromatic nitrogens is 2. The largest absolute Gasteiger partial charge is 0.480 e. The smallest absolute Gasteiger partial charge is 0.325 e. The van der Waals surface area contributed by atoms with Crippen molar-refractivity contribution in [1.29, 1.82) is 0 Å². The molecule has 0 spiro atoms. The third-order valence-electron chi connectivity index (χ3n) is 2.48. The average Bonchev–Trinajstić information content (AvgIpc) is 2.81. The van der Waals surface area contributed by atoms with Gasteiger partial charge in [-0.1, -0.05) is 6.92 Å². The van der Waals surface area contributed by atoms with Crippen molar-refractivity contribution in [3.63, 3.8) is 0 Å². The number of carbonyl (C=O) groups is 2. The summed E-state index contributed by atoms with van der Waals surface area (Å²) in [5.41, 5.74) is 0.819. The second kappa shape index (κ2) is 10.5. The van der Waals surface area contributed by atoms with E-state index in [1.54, 1.807) is 6.20 Å². The van der Waals surface area contributed by atoms with Gasteiger partial charge in [0.1, 0.15) is 6.04 Å². The molecule has 1 heterocycles. The van der Waals surface area contributed by atoms with Crippen LogP contribution in [0.3, 0.4) is 0 Å². The number of carboxylic acid groups (broad SMARTS) is 1. The lowest BCUT2D eigenvalue weighted by molar-refractivity contribution is -0.141. The molecule has 0 aliphatic carbocycles. The first-order valence-corrected chi connectivity index (χ1v) is 5.78. The molecule has 2 atom stereocenters. The molecule has 0 aliphatic heterocycles. The maximum Gasteiger partial charge on any atom is 0.325 e. The summed E-state index contributed by atoms with van der Waals surface area (Å²) in [6.07, 6.45) is 3.61. The Morgan fingerprint density at radius 2 is 2.10 bits per heavy atom. The fourth-order valence-electron chi connectivity index (χ4n) is 1.50. The van der Waals surface area contributed by atoms with Crippen LogP contribution >= 0.6 is 24.8 Å². The zero-order valence-electron chi connectivity index (χ0n) is 11.3. The predicted molar refractivity (Wildman–Crippen MR) is 79.5 cm³/mol. The Hall–Kier alpha value is -1.31. The van der Waals surface area contributed by atoms with E-state index >= 15 is 0 Å². The Labute approximate surface area is 129 Å². The Kier molecular flexibility index (Phi) is 11.0. The molecule has 0 aliphatic rings. The summed E-state index contributed by atoms with van der Waals surface area (Å²) >= 11 is 0. The van der Waals surface area contributed by atoms with Crippen LogP contribution in [0.5, 0.6) is 0 Å². The van der Waals surface area contributed by atoms with Crippen molar-refractivity contribution in [2.45, 2.75) is 32.4 Å². The van der Waals surface area contributed by atoms with E-state index in [1.807, 2.05) is 6.92 Å². The van der Waals surface area contributed by atoms with E-state index in [1.165, 1.54) is 13.3 Å². The summed E-state index contributed by atoms with van der Waals surface area (Å²) in [6.45, 7) is 3.93. The van der Waals surface area contributed by atoms with Gasteiger partial charge >= 0.3 is 5.97 Å². The van der Waals surface area contributed by atoms with E-state index in [0.29, 0.717) is 13.0 Å². The Morgan fingerprint density at radius 1 is 1.45 bits per heavy atom. The number of hydrogen-bond donors (Lipinski definition) is 4. The van der Waals surface area contributed by atoms with Crippen LogP contribution in [0.4, 0.5) is 0 Å². The zero-order chi connectivity index (χ0) is 13.5. The number of halogens is 2. The highest BCUT2D eigenvalue weighted by atomic mass is 35.5. The van der Waals surface area contributed by atoms with E-state index in [4.69, 9.17) is 5.11 Å². The molecule has 0 fully saturated rings. The molecule has 7 nitrogen and oxygen atoms in total. The van der Waals surface area contributed by atoms with Gasteiger partial charge in [0.25, 0.3) is 0 Å². The van der Waals surface area contributed by atoms with Crippen molar-refractivity contribution in [2.24, 2.45) is 0 Å². The van der Waals surface area contributed by atoms with Crippen LogP contribution in [0, 0.1) is 0 Å². The number of carboxylic acids is 1. The number of aromatic amines is 1. The lowest BCUT2D eigenvalue weighted by atomic mass is 10.1. The van der Waals surface area contributed by atoms with Crippen molar-refractivity contribution in [2.75, 3.05) is 6.54 Å². The molecule has 0 aromatic carbocycles. The normalized spacial score (nSPS) is 12.5. The summed E-state index contributed by atoms with van der Waals surface area (Å²) in [6, 6.07) is -1.38. The van der Waals surface area contributed by atoms with E-state index in [0.717, 1.165) is 5.69 Å². The van der Waals surface area contributed by atoms with Gasteiger partial charge in [-0.2, -0.15) is 0 Å². The minimum Gasteiger partial charge on any atom is -0.480 e. The Balaban J connectivity index is 0. The highest BCUT2D eigenvalue weighted by molar-refractivity contribution is 5.87. The lowest BCUT2D eigenvalue weighted by Gasteiger charge is -2.18. The van der Waals surface area contributed by atoms with Gasteiger partial charge in [0.15, 0.2) is 0 Å². The van der Waals surface area contributed by atoms with E-state index in [2.05, 4.69) is 20.6 Å². The third-order valence-corrected chi connectivity index (χ3v) is 2.48. The predicted octanol–water partition coefficient (Wildman–Crippen LogP) is 0.363. The summed E-state index contributed by atoms with van der Waals surface area (Å²) in [4.78, 5) is 29.4. The quantitative estimate of drug-likeness (QED) is 0.579. The van der Waals surface area contributed by atoms with E-state index in [9.17, 15) is 9.59 Å². The third kappa shape index (κ3) is 6.74. The number of imidazole rings is 1. The summed E-state index contributed by atoms with van der Waals surface area (Å²) in [5, 5.41) is 14.2. The first-order valence-electron chi connectivity index (χ1n) is 5.78. The molecular weight excluding hydrogens is 307 g/mol. The maximum absolute atomic E-state index is 11.9. The fourth-order valence-corrected chi connectivity index (χ4v) is 1.50. The Bertz CT molecular complexity index is 400. The minimum atomic E-state index is -1.06. The van der Waals surface area contributed by atoms with Gasteiger partial charge in [-0.05, 0) is 13.5 Å². The topological polar surface area (TPSA) is 107 Å². The molecule has 0 radical (unpaired) electrons. The molecule has 1 rings (SSSR count). The highest BCUT2D eigenvalue weighted by Crippen LogP contribution is 1.99. The summed E-state index contributed by atoms with van der Waals surface area (Å²) in [5.74, 6) is -1.39. The number of nitrogens with zero attached hydrogens (tertiary/aromatic N) is 1. The molecule has 20 heavy (non-hydrogen) atoms. The zero-order valence-corrected chi connectivity index (χ0v) is 12.9. The SMILES string of the molecule is CCN[C@@H](Cc1cnc[nH]1)C(=O)N[C@@H](C)C(=O)O.Cl.Cl. The molecule has 116 valence electrons. The number of rotatable bonds is 7. The lowest BCUT2D eigenvalue weighted by Crippen LogP contribution is -2.50. The van der Waals surface area contributed by atoms with Crippen molar-refractivity contribution < 1.29 is 14.7 Å². The second-order valence-corrected chi connectivity index (χ2v) is 3.96. The maximum atomic E-state index is 11.9. The van der Waals surface area contributed by atoms with Crippen LogP contribution in [0.25, 0.3) is 0 Å². The molecule has 1 aromatic rings. The van der Waals surface area contributed by atoms with Gasteiger partial charge < -0.3 is 20.7 Å². The number of aliphatic carboxylic acids is 1. The molecule has 1 aromatic heterocycles. The van der Waals surface area contributed by atoms with Gasteiger partial charge in [-0.25, -0.2) is 4.98 Å². The fraction of sp³-hybridized carbons (Fsp3) is 0.545. The van der Waals surface area contributed by atoms with Crippen LogP contribution in [-0.4, -0.2) is 45.6 Å². The van der Waals surface area contributed by atoms with Crippen LogP contribution in [0.1, 0.15) is 19.5 Å². The number of H-pyrrole nitrogens is 1. The van der Waals surface area contributed by atoms with Gasteiger partial charge in [0.2, 0.25) is 5.91 Å². The van der Waals surface area contributed by atoms with Crippen LogP contribution in [-0.2, 0) is 16.0 Å². The monoisotopic (exact) mass is 326 g/mol. The molecule has 0 unspecified atom stereocenters. The first kappa shape index (κ1) is 21.0. The van der Waals surface area contributed by atoms with Crippen LogP contribution in [0.15, 0.2) is 12.5 Å². The molecule has 0 bridgehead atoms. The number of likely N-dealkylation sites (N-methyl/N-ethyl adjacent to an activating group) is 1. The van der Waals surface area contributed by atoms with E-state index < -0.39 is 18.1 Å². The second-order valence-electron chi connectivity index (χ2n) is 3.96. The minimum absolute atomic E-state index is 0. The summed E-state index contributed by atoms with van der Waals surface area (Å²) < 4.78 is 0. The molecule has 0 saturated heterocycles. The summed E-state index contributed by atoms with van der Waals surface area (Å²) in [7, 11) is 0. The van der Waals surface area contributed by atoms with Gasteiger partial charge in [0, 0.05) is 18.3 Å². The van der Waals surface area contributed by atoms with Gasteiger partial charge in [0.05, 0.1) is 12.4 Å². The van der Waals surface area contributed by atoms with Crippen LogP contribution in [0.2, 0.25) is 0 Å². The van der Waals surface area contributed by atoms with Crippen LogP contribution < -0.4 is 10.6 Å². The van der Waals surface area contributed by atoms with Crippen molar-refractivity contribution in [1.82, 2.24) is 20.6 Å².